The van der Waals surface area contributed by atoms with E-state index in [1.165, 1.54) is 11.1 Å². The van der Waals surface area contributed by atoms with Gasteiger partial charge in [0.05, 0.1) is 14.2 Å². The summed E-state index contributed by atoms with van der Waals surface area (Å²) in [5.41, 5.74) is 2.52. The smallest absolute Gasteiger partial charge is 0.414 e. The van der Waals surface area contributed by atoms with E-state index in [1.54, 1.807) is 14.2 Å². The van der Waals surface area contributed by atoms with Crippen LogP contribution < -0.4 is 9.47 Å². The van der Waals surface area contributed by atoms with E-state index in [0.29, 0.717) is 0 Å². The fourth-order valence-corrected chi connectivity index (χ4v) is 3.25. The molecule has 0 bridgehead atoms. The summed E-state index contributed by atoms with van der Waals surface area (Å²) < 4.78 is 10.9. The lowest BCUT2D eigenvalue weighted by Crippen LogP contribution is -2.45. The van der Waals surface area contributed by atoms with E-state index >= 15 is 0 Å². The molecule has 1 fully saturated rings. The van der Waals surface area contributed by atoms with E-state index < -0.39 is 11.9 Å². The molecule has 0 amide bonds. The van der Waals surface area contributed by atoms with Gasteiger partial charge in [-0.25, -0.2) is 9.59 Å². The molecule has 2 aromatic carbocycles. The van der Waals surface area contributed by atoms with E-state index in [4.69, 9.17) is 29.3 Å². The normalized spacial score (nSPS) is 14.3. The van der Waals surface area contributed by atoms with Crippen LogP contribution in [-0.2, 0) is 22.7 Å². The molecule has 1 aliphatic heterocycles. The second-order valence-electron chi connectivity index (χ2n) is 6.79. The van der Waals surface area contributed by atoms with Gasteiger partial charge in [-0.2, -0.15) is 0 Å². The summed E-state index contributed by atoms with van der Waals surface area (Å²) in [5, 5.41) is 14.8. The molecule has 1 heterocycles. The topological polar surface area (TPSA) is 99.5 Å². The predicted molar refractivity (Wildman–Crippen MR) is 112 cm³/mol. The Morgan fingerprint density at radius 1 is 0.733 bits per heavy atom. The van der Waals surface area contributed by atoms with Crippen molar-refractivity contribution in [2.75, 3.05) is 40.4 Å². The number of methoxy groups -OCH3 is 2. The Morgan fingerprint density at radius 3 is 1.37 bits per heavy atom. The number of benzene rings is 2. The molecular formula is C22H28N2O6. The number of carboxylic acid groups (broad SMARTS) is 2. The molecule has 1 saturated heterocycles. The van der Waals surface area contributed by atoms with Crippen molar-refractivity contribution < 1.29 is 29.3 Å². The van der Waals surface area contributed by atoms with E-state index in [0.717, 1.165) is 50.8 Å². The Bertz CT molecular complexity index is 764. The van der Waals surface area contributed by atoms with Crippen LogP contribution in [0.15, 0.2) is 48.5 Å². The number of aliphatic carboxylic acids is 2. The van der Waals surface area contributed by atoms with Crippen molar-refractivity contribution in [3.63, 3.8) is 0 Å². The van der Waals surface area contributed by atoms with Crippen molar-refractivity contribution in [1.29, 1.82) is 0 Å². The Morgan fingerprint density at radius 2 is 1.07 bits per heavy atom. The quantitative estimate of drug-likeness (QED) is 0.692. The summed E-state index contributed by atoms with van der Waals surface area (Å²) in [6.07, 6.45) is 0. The van der Waals surface area contributed by atoms with Crippen molar-refractivity contribution in [2.24, 2.45) is 0 Å². The maximum absolute atomic E-state index is 9.10. The average molecular weight is 416 g/mol. The number of nitrogens with zero attached hydrogens (tertiary/aromatic N) is 2. The second kappa shape index (κ2) is 11.8. The second-order valence-corrected chi connectivity index (χ2v) is 6.79. The van der Waals surface area contributed by atoms with E-state index in [-0.39, 0.29) is 0 Å². The van der Waals surface area contributed by atoms with Gasteiger partial charge in [0, 0.05) is 50.4 Å². The molecule has 8 nitrogen and oxygen atoms in total. The Hall–Kier alpha value is -3.10. The first-order chi connectivity index (χ1) is 14.4. The van der Waals surface area contributed by atoms with Crippen LogP contribution in [0.3, 0.4) is 0 Å². The summed E-state index contributed by atoms with van der Waals surface area (Å²) in [6.45, 7) is 6.21. The maximum Gasteiger partial charge on any atom is 0.414 e. The molecule has 0 unspecified atom stereocenters. The monoisotopic (exact) mass is 416 g/mol. The predicted octanol–water partition coefficient (Wildman–Crippen LogP) is 2.18. The number of piperazine rings is 1. The lowest BCUT2D eigenvalue weighted by Gasteiger charge is -2.35. The Kier molecular flexibility index (Phi) is 9.11. The first-order valence-electron chi connectivity index (χ1n) is 9.59. The Balaban J connectivity index is 0.000000469. The molecule has 30 heavy (non-hydrogen) atoms. The minimum absolute atomic E-state index is 0.951. The van der Waals surface area contributed by atoms with Gasteiger partial charge >= 0.3 is 11.9 Å². The van der Waals surface area contributed by atoms with Crippen molar-refractivity contribution in [3.05, 3.63) is 59.7 Å². The molecule has 0 aromatic heterocycles. The molecule has 8 heteroatoms. The highest BCUT2D eigenvalue weighted by Crippen LogP contribution is 2.22. The Labute approximate surface area is 176 Å². The standard InChI is InChI=1S/C20H26N2O2.C2H2O4/c1-23-19-9-5-3-7-17(19)15-21-11-13-22(14-12-21)16-18-8-4-6-10-20(18)24-2;3-1(4)2(5)6/h3-10H,11-16H2,1-2H3;(H,3,4)(H,5,6). The fraction of sp³-hybridized carbons (Fsp3) is 0.364. The molecular weight excluding hydrogens is 388 g/mol. The van der Waals surface area contributed by atoms with Gasteiger partial charge in [0.25, 0.3) is 0 Å². The number of para-hydroxylation sites is 2. The van der Waals surface area contributed by atoms with Gasteiger partial charge in [-0.1, -0.05) is 36.4 Å². The zero-order valence-electron chi connectivity index (χ0n) is 17.3. The van der Waals surface area contributed by atoms with Crippen LogP contribution in [0, 0.1) is 0 Å². The molecule has 0 saturated carbocycles. The van der Waals surface area contributed by atoms with Crippen LogP contribution in [0.2, 0.25) is 0 Å². The van der Waals surface area contributed by atoms with Gasteiger partial charge in [-0.3, -0.25) is 9.80 Å². The average Bonchev–Trinajstić information content (AvgIpc) is 2.76. The summed E-state index contributed by atoms with van der Waals surface area (Å²) in [4.78, 5) is 23.2. The van der Waals surface area contributed by atoms with Crippen molar-refractivity contribution in [2.45, 2.75) is 13.1 Å². The van der Waals surface area contributed by atoms with Crippen LogP contribution >= 0.6 is 0 Å². The van der Waals surface area contributed by atoms with Crippen LogP contribution in [0.5, 0.6) is 11.5 Å². The molecule has 1 aliphatic rings. The first-order valence-corrected chi connectivity index (χ1v) is 9.59. The number of carbonyl (C=O) groups is 2. The van der Waals surface area contributed by atoms with Crippen molar-refractivity contribution >= 4 is 11.9 Å². The van der Waals surface area contributed by atoms with Crippen molar-refractivity contribution in [1.82, 2.24) is 9.80 Å². The van der Waals surface area contributed by atoms with Gasteiger partial charge in [-0.15, -0.1) is 0 Å². The molecule has 0 aliphatic carbocycles. The summed E-state index contributed by atoms with van der Waals surface area (Å²) in [6, 6.07) is 16.6. The van der Waals surface area contributed by atoms with Crippen LogP contribution in [0.25, 0.3) is 0 Å². The number of hydrogen-bond acceptors (Lipinski definition) is 6. The van der Waals surface area contributed by atoms with Gasteiger partial charge in [0.15, 0.2) is 0 Å². The minimum Gasteiger partial charge on any atom is -0.496 e. The molecule has 3 rings (SSSR count). The van der Waals surface area contributed by atoms with E-state index in [2.05, 4.69) is 34.1 Å². The van der Waals surface area contributed by atoms with E-state index in [9.17, 15) is 0 Å². The third-order valence-electron chi connectivity index (χ3n) is 4.82. The highest BCUT2D eigenvalue weighted by Gasteiger charge is 2.19. The molecule has 2 N–H and O–H groups in total. The van der Waals surface area contributed by atoms with Crippen molar-refractivity contribution in [3.8, 4) is 11.5 Å². The third kappa shape index (κ3) is 7.06. The maximum atomic E-state index is 9.10. The molecule has 2 aromatic rings. The highest BCUT2D eigenvalue weighted by atomic mass is 16.5. The summed E-state index contributed by atoms with van der Waals surface area (Å²) in [5.74, 6) is -1.69. The third-order valence-corrected chi connectivity index (χ3v) is 4.82. The molecule has 0 radical (unpaired) electrons. The highest BCUT2D eigenvalue weighted by molar-refractivity contribution is 6.27. The molecule has 162 valence electrons. The number of rotatable bonds is 6. The molecule has 0 spiro atoms. The molecule has 0 atom stereocenters. The largest absolute Gasteiger partial charge is 0.496 e. The number of ether oxygens (including phenoxy) is 2. The van der Waals surface area contributed by atoms with E-state index in [1.807, 2.05) is 24.3 Å². The van der Waals surface area contributed by atoms with Gasteiger partial charge in [0.1, 0.15) is 11.5 Å². The zero-order valence-corrected chi connectivity index (χ0v) is 17.3. The van der Waals surface area contributed by atoms with Gasteiger partial charge in [0.2, 0.25) is 0 Å². The van der Waals surface area contributed by atoms with Crippen LogP contribution in [0.4, 0.5) is 0 Å². The van der Waals surface area contributed by atoms with Gasteiger partial charge < -0.3 is 19.7 Å². The first kappa shape index (κ1) is 23.2. The lowest BCUT2D eigenvalue weighted by molar-refractivity contribution is -0.159. The SMILES string of the molecule is COc1ccccc1CN1CCN(Cc2ccccc2OC)CC1.O=C(O)C(=O)O. The number of carboxylic acids is 2. The fourth-order valence-electron chi connectivity index (χ4n) is 3.25. The van der Waals surface area contributed by atoms with Gasteiger partial charge in [-0.05, 0) is 12.1 Å². The summed E-state index contributed by atoms with van der Waals surface area (Å²) in [7, 11) is 3.48. The lowest BCUT2D eigenvalue weighted by atomic mass is 10.1. The van der Waals surface area contributed by atoms with Crippen LogP contribution in [0.1, 0.15) is 11.1 Å². The number of hydrogen-bond donors (Lipinski definition) is 2. The summed E-state index contributed by atoms with van der Waals surface area (Å²) >= 11 is 0. The minimum atomic E-state index is -1.82. The van der Waals surface area contributed by atoms with Crippen LogP contribution in [-0.4, -0.2) is 72.4 Å². The zero-order chi connectivity index (χ0) is 21.9.